The van der Waals surface area contributed by atoms with Crippen LogP contribution < -0.4 is 15.2 Å². The van der Waals surface area contributed by atoms with Crippen molar-refractivity contribution in [3.8, 4) is 5.75 Å². The van der Waals surface area contributed by atoms with E-state index in [0.717, 1.165) is 10.8 Å². The van der Waals surface area contributed by atoms with Crippen molar-refractivity contribution in [1.82, 2.24) is 0 Å². The molecule has 4 nitrogen and oxygen atoms in total. The van der Waals surface area contributed by atoms with E-state index in [1.807, 2.05) is 24.3 Å². The molecule has 1 aliphatic carbocycles. The predicted octanol–water partition coefficient (Wildman–Crippen LogP) is -0.124. The molecule has 0 fully saturated rings. The van der Waals surface area contributed by atoms with Crippen molar-refractivity contribution in [3.63, 3.8) is 0 Å². The largest absolute Gasteiger partial charge is 0.456 e. The quantitative estimate of drug-likeness (QED) is 0.683. The highest BCUT2D eigenvalue weighted by molar-refractivity contribution is 5.76. The molecule has 1 unspecified atom stereocenters. The van der Waals surface area contributed by atoms with E-state index in [4.69, 9.17) is 9.47 Å². The summed E-state index contributed by atoms with van der Waals surface area (Å²) in [7, 11) is 0. The summed E-state index contributed by atoms with van der Waals surface area (Å²) in [6.07, 6.45) is 4.55. The maximum atomic E-state index is 11.0. The highest BCUT2D eigenvalue weighted by atomic mass is 16.6. The van der Waals surface area contributed by atoms with Crippen LogP contribution in [0, 0.1) is 0 Å². The zero-order chi connectivity index (χ0) is 12.0. The number of hydrogen-bond acceptors (Lipinski definition) is 4. The number of benzene rings is 1. The molecule has 1 aliphatic heterocycles. The lowest BCUT2D eigenvalue weighted by Crippen LogP contribution is -2.17. The molecular formula is C13H10O4. The molecule has 0 saturated heterocycles. The first kappa shape index (κ1) is 10.1. The van der Waals surface area contributed by atoms with Gasteiger partial charge in [0.2, 0.25) is 0 Å². The topological polar surface area (TPSA) is 55.8 Å². The Bertz CT molecular complexity index is 655. The Balaban J connectivity index is 2.25. The highest BCUT2D eigenvalue weighted by Crippen LogP contribution is 2.24. The Morgan fingerprint density at radius 3 is 3.06 bits per heavy atom. The molecule has 1 aromatic carbocycles. The van der Waals surface area contributed by atoms with Gasteiger partial charge in [-0.2, -0.15) is 0 Å². The van der Waals surface area contributed by atoms with E-state index >= 15 is 0 Å². The number of aliphatic hydroxyl groups excluding tert-OH is 1. The molecule has 0 amide bonds. The Morgan fingerprint density at radius 1 is 1.47 bits per heavy atom. The Kier molecular flexibility index (Phi) is 2.06. The smallest absolute Gasteiger partial charge is 0.307 e. The average Bonchev–Trinajstić information content (AvgIpc) is 2.83. The van der Waals surface area contributed by atoms with Crippen molar-refractivity contribution in [2.45, 2.75) is 13.2 Å². The van der Waals surface area contributed by atoms with Gasteiger partial charge in [0, 0.05) is 12.5 Å². The molecule has 0 aromatic heterocycles. The summed E-state index contributed by atoms with van der Waals surface area (Å²) in [6.45, 7) is 1.29. The van der Waals surface area contributed by atoms with Gasteiger partial charge in [-0.05, 0) is 11.3 Å². The van der Waals surface area contributed by atoms with Crippen molar-refractivity contribution in [3.05, 3.63) is 34.2 Å². The third kappa shape index (κ3) is 1.45. The number of hydrogen-bond donors (Lipinski definition) is 1. The van der Waals surface area contributed by atoms with Gasteiger partial charge in [-0.15, -0.1) is 0 Å². The molecule has 1 N–H and O–H groups in total. The average molecular weight is 230 g/mol. The minimum atomic E-state index is -1.21. The second kappa shape index (κ2) is 3.46. The fourth-order valence-electron chi connectivity index (χ4n) is 2.06. The number of carbonyl (C=O) groups excluding carboxylic acids is 1. The first-order chi connectivity index (χ1) is 8.16. The molecule has 1 heterocycles. The molecule has 4 heteroatoms. The monoisotopic (exact) mass is 230 g/mol. The van der Waals surface area contributed by atoms with Crippen molar-refractivity contribution < 1.29 is 19.4 Å². The summed E-state index contributed by atoms with van der Waals surface area (Å²) >= 11 is 0. The maximum absolute atomic E-state index is 11.0. The fourth-order valence-corrected chi connectivity index (χ4v) is 2.06. The minimum absolute atomic E-state index is 0.163. The summed E-state index contributed by atoms with van der Waals surface area (Å²) in [5.41, 5.74) is 0.906. The Labute approximate surface area is 97.1 Å². The Morgan fingerprint density at radius 2 is 2.29 bits per heavy atom. The van der Waals surface area contributed by atoms with Crippen molar-refractivity contribution in [2.24, 2.45) is 0 Å². The number of esters is 1. The second-order valence-corrected chi connectivity index (χ2v) is 3.90. The molecule has 0 saturated carbocycles. The zero-order valence-corrected chi connectivity index (χ0v) is 9.14. The lowest BCUT2D eigenvalue weighted by atomic mass is 10.1. The molecule has 0 radical (unpaired) electrons. The van der Waals surface area contributed by atoms with Gasteiger partial charge < -0.3 is 14.6 Å². The number of fused-ring (bicyclic) bond motifs is 3. The van der Waals surface area contributed by atoms with Crippen LogP contribution in [-0.4, -0.2) is 17.4 Å². The molecule has 2 aliphatic rings. The van der Waals surface area contributed by atoms with Gasteiger partial charge in [-0.3, -0.25) is 4.79 Å². The lowest BCUT2D eigenvalue weighted by Gasteiger charge is -2.08. The number of rotatable bonds is 1. The van der Waals surface area contributed by atoms with Gasteiger partial charge in [0.05, 0.1) is 5.22 Å². The molecule has 0 bridgehead atoms. The minimum Gasteiger partial charge on any atom is -0.456 e. The highest BCUT2D eigenvalue weighted by Gasteiger charge is 2.28. The van der Waals surface area contributed by atoms with Crippen LogP contribution in [0.15, 0.2) is 18.2 Å². The zero-order valence-electron chi connectivity index (χ0n) is 9.14. The van der Waals surface area contributed by atoms with Crippen molar-refractivity contribution in [2.75, 3.05) is 0 Å². The molecule has 0 spiro atoms. The van der Waals surface area contributed by atoms with Crippen LogP contribution in [0.5, 0.6) is 5.75 Å². The number of allylic oxidation sites excluding steroid dienone is 1. The second-order valence-electron chi connectivity index (χ2n) is 3.90. The summed E-state index contributed by atoms with van der Waals surface area (Å²) in [6, 6.07) is 3.69. The van der Waals surface area contributed by atoms with Gasteiger partial charge in [-0.25, -0.2) is 0 Å². The molecule has 3 rings (SSSR count). The SMILES string of the molecule is CC(=O)OC1=c2ccc3c(c2OC1O)C=CC=3. The molecule has 1 aromatic rings. The van der Waals surface area contributed by atoms with Gasteiger partial charge >= 0.3 is 5.97 Å². The van der Waals surface area contributed by atoms with Gasteiger partial charge in [-0.1, -0.05) is 24.3 Å². The first-order valence-corrected chi connectivity index (χ1v) is 5.25. The van der Waals surface area contributed by atoms with Gasteiger partial charge in [0.15, 0.2) is 5.76 Å². The van der Waals surface area contributed by atoms with Crippen LogP contribution in [0.3, 0.4) is 0 Å². The van der Waals surface area contributed by atoms with Crippen molar-refractivity contribution in [1.29, 1.82) is 0 Å². The molecular weight excluding hydrogens is 220 g/mol. The van der Waals surface area contributed by atoms with Gasteiger partial charge in [0.1, 0.15) is 5.75 Å². The third-order valence-electron chi connectivity index (χ3n) is 2.74. The van der Waals surface area contributed by atoms with E-state index in [9.17, 15) is 9.90 Å². The van der Waals surface area contributed by atoms with Crippen LogP contribution in [0.1, 0.15) is 12.5 Å². The maximum Gasteiger partial charge on any atom is 0.307 e. The van der Waals surface area contributed by atoms with E-state index < -0.39 is 12.3 Å². The first-order valence-electron chi connectivity index (χ1n) is 5.25. The van der Waals surface area contributed by atoms with Crippen LogP contribution >= 0.6 is 0 Å². The summed E-state index contributed by atoms with van der Waals surface area (Å²) in [5.74, 6) is 0.255. The third-order valence-corrected chi connectivity index (χ3v) is 2.74. The van der Waals surface area contributed by atoms with E-state index in [0.29, 0.717) is 11.0 Å². The number of ether oxygens (including phenoxy) is 2. The van der Waals surface area contributed by atoms with Crippen LogP contribution in [0.25, 0.3) is 17.9 Å². The van der Waals surface area contributed by atoms with E-state index in [1.54, 1.807) is 6.07 Å². The summed E-state index contributed by atoms with van der Waals surface area (Å²) in [5, 5.41) is 11.4. The van der Waals surface area contributed by atoms with E-state index in [-0.39, 0.29) is 5.76 Å². The number of aliphatic hydroxyl groups is 1. The predicted molar refractivity (Wildman–Crippen MR) is 61.0 cm³/mol. The fraction of sp³-hybridized carbons (Fsp3) is 0.154. The van der Waals surface area contributed by atoms with Gasteiger partial charge in [0.25, 0.3) is 6.29 Å². The van der Waals surface area contributed by atoms with Crippen LogP contribution in [0.4, 0.5) is 0 Å². The summed E-state index contributed by atoms with van der Waals surface area (Å²) < 4.78 is 10.3. The van der Waals surface area contributed by atoms with E-state index in [2.05, 4.69) is 0 Å². The molecule has 86 valence electrons. The van der Waals surface area contributed by atoms with Crippen LogP contribution in [-0.2, 0) is 9.53 Å². The Hall–Kier alpha value is -2.07. The standard InChI is InChI=1S/C13H10O4/c1-7(14)16-12-10-6-5-8-3-2-4-9(8)11(10)17-13(12)15/h2-6,13,15H,1H3. The molecule has 1 atom stereocenters. The van der Waals surface area contributed by atoms with Crippen LogP contribution in [0.2, 0.25) is 0 Å². The normalized spacial score (nSPS) is 19.4. The van der Waals surface area contributed by atoms with E-state index in [1.165, 1.54) is 6.92 Å². The van der Waals surface area contributed by atoms with Crippen molar-refractivity contribution >= 4 is 23.9 Å². The molecule has 17 heavy (non-hydrogen) atoms. The lowest BCUT2D eigenvalue weighted by molar-refractivity contribution is -0.136. The summed E-state index contributed by atoms with van der Waals surface area (Å²) in [4.78, 5) is 11.0. The number of carbonyl (C=O) groups is 1.